The van der Waals surface area contributed by atoms with Crippen molar-refractivity contribution in [1.82, 2.24) is 10.3 Å². The van der Waals surface area contributed by atoms with E-state index in [2.05, 4.69) is 5.43 Å². The predicted octanol–water partition coefficient (Wildman–Crippen LogP) is 1.81. The maximum atomic E-state index is 13.7. The van der Waals surface area contributed by atoms with Crippen LogP contribution in [0.15, 0.2) is 18.2 Å². The molecular formula is C12H19F2N3. The SMILES string of the molecule is CN(C)C(C)(C)C(NN)c1cc(F)ccc1F. The highest BCUT2D eigenvalue weighted by molar-refractivity contribution is 5.25. The average molecular weight is 243 g/mol. The highest BCUT2D eigenvalue weighted by Gasteiger charge is 2.34. The number of rotatable bonds is 4. The van der Waals surface area contributed by atoms with Crippen molar-refractivity contribution in [3.8, 4) is 0 Å². The van der Waals surface area contributed by atoms with Crippen LogP contribution in [0.2, 0.25) is 0 Å². The lowest BCUT2D eigenvalue weighted by Gasteiger charge is -2.40. The number of hydrogen-bond acceptors (Lipinski definition) is 3. The van der Waals surface area contributed by atoms with E-state index < -0.39 is 23.2 Å². The summed E-state index contributed by atoms with van der Waals surface area (Å²) in [5, 5.41) is 0. The number of likely N-dealkylation sites (N-methyl/N-ethyl adjacent to an activating group) is 1. The van der Waals surface area contributed by atoms with Gasteiger partial charge in [0.05, 0.1) is 6.04 Å². The Hall–Kier alpha value is -1.04. The minimum absolute atomic E-state index is 0.228. The van der Waals surface area contributed by atoms with Crippen LogP contribution in [0.4, 0.5) is 8.78 Å². The van der Waals surface area contributed by atoms with Gasteiger partial charge in [0.2, 0.25) is 0 Å². The number of nitrogens with zero attached hydrogens (tertiary/aromatic N) is 1. The Balaban J connectivity index is 3.22. The largest absolute Gasteiger partial charge is 0.302 e. The van der Waals surface area contributed by atoms with Crippen molar-refractivity contribution < 1.29 is 8.78 Å². The molecule has 0 amide bonds. The first-order valence-electron chi connectivity index (χ1n) is 5.39. The summed E-state index contributed by atoms with van der Waals surface area (Å²) in [6.45, 7) is 3.81. The molecule has 17 heavy (non-hydrogen) atoms. The number of halogens is 2. The monoisotopic (exact) mass is 243 g/mol. The molecule has 0 aliphatic carbocycles. The molecule has 0 bridgehead atoms. The van der Waals surface area contributed by atoms with E-state index in [0.717, 1.165) is 12.1 Å². The molecule has 5 heteroatoms. The molecule has 0 aliphatic rings. The first-order valence-corrected chi connectivity index (χ1v) is 5.39. The van der Waals surface area contributed by atoms with Crippen LogP contribution in [0.1, 0.15) is 25.5 Å². The Morgan fingerprint density at radius 2 is 1.88 bits per heavy atom. The van der Waals surface area contributed by atoms with Crippen LogP contribution in [0, 0.1) is 11.6 Å². The smallest absolute Gasteiger partial charge is 0.128 e. The third-order valence-electron chi connectivity index (χ3n) is 3.29. The highest BCUT2D eigenvalue weighted by atomic mass is 19.1. The van der Waals surface area contributed by atoms with Gasteiger partial charge in [-0.1, -0.05) is 0 Å². The summed E-state index contributed by atoms with van der Waals surface area (Å²) in [7, 11) is 3.73. The standard InChI is InChI=1S/C12H19F2N3/c1-12(2,17(3)4)11(16-15)9-7-8(13)5-6-10(9)14/h5-7,11,16H,15H2,1-4H3. The molecule has 0 fully saturated rings. The van der Waals surface area contributed by atoms with Gasteiger partial charge in [-0.15, -0.1) is 0 Å². The Bertz CT molecular complexity index is 391. The fourth-order valence-electron chi connectivity index (χ4n) is 1.67. The van der Waals surface area contributed by atoms with E-state index in [9.17, 15) is 8.78 Å². The van der Waals surface area contributed by atoms with Crippen molar-refractivity contribution in [2.45, 2.75) is 25.4 Å². The molecule has 1 aromatic rings. The van der Waals surface area contributed by atoms with Crippen molar-refractivity contribution in [1.29, 1.82) is 0 Å². The van der Waals surface area contributed by atoms with Gasteiger partial charge in [-0.3, -0.25) is 11.3 Å². The van der Waals surface area contributed by atoms with Crippen molar-refractivity contribution in [2.75, 3.05) is 14.1 Å². The normalized spacial score (nSPS) is 14.1. The Labute approximate surface area is 101 Å². The van der Waals surface area contributed by atoms with Crippen LogP contribution in [0.5, 0.6) is 0 Å². The molecule has 0 aromatic heterocycles. The van der Waals surface area contributed by atoms with Crippen molar-refractivity contribution >= 4 is 0 Å². The molecule has 1 rings (SSSR count). The summed E-state index contributed by atoms with van der Waals surface area (Å²) in [6, 6.07) is 2.87. The van der Waals surface area contributed by atoms with Crippen LogP contribution in [0.3, 0.4) is 0 Å². The molecule has 3 N–H and O–H groups in total. The molecule has 1 atom stereocenters. The van der Waals surface area contributed by atoms with E-state index in [1.807, 2.05) is 32.8 Å². The Morgan fingerprint density at radius 1 is 1.29 bits per heavy atom. The summed E-state index contributed by atoms with van der Waals surface area (Å²) >= 11 is 0. The first kappa shape index (κ1) is 14.0. The van der Waals surface area contributed by atoms with Crippen molar-refractivity contribution in [2.24, 2.45) is 5.84 Å². The van der Waals surface area contributed by atoms with Gasteiger partial charge in [0.25, 0.3) is 0 Å². The number of hydrogen-bond donors (Lipinski definition) is 2. The van der Waals surface area contributed by atoms with E-state index in [1.165, 1.54) is 6.07 Å². The zero-order valence-electron chi connectivity index (χ0n) is 10.6. The summed E-state index contributed by atoms with van der Waals surface area (Å²) in [6.07, 6.45) is 0. The second-order valence-corrected chi connectivity index (χ2v) is 4.81. The van der Waals surface area contributed by atoms with Gasteiger partial charge in [-0.25, -0.2) is 8.78 Å². The van der Waals surface area contributed by atoms with Crippen LogP contribution in [0.25, 0.3) is 0 Å². The highest BCUT2D eigenvalue weighted by Crippen LogP contribution is 2.30. The molecular weight excluding hydrogens is 224 g/mol. The minimum atomic E-state index is -0.506. The lowest BCUT2D eigenvalue weighted by atomic mass is 9.87. The van der Waals surface area contributed by atoms with Gasteiger partial charge in [0.15, 0.2) is 0 Å². The molecule has 1 aromatic carbocycles. The third kappa shape index (κ3) is 2.80. The molecule has 0 spiro atoms. The van der Waals surface area contributed by atoms with Gasteiger partial charge in [-0.2, -0.15) is 0 Å². The summed E-state index contributed by atoms with van der Waals surface area (Å²) in [4.78, 5) is 1.90. The molecule has 0 saturated carbocycles. The number of hydrazine groups is 1. The van der Waals surface area contributed by atoms with Crippen LogP contribution in [-0.4, -0.2) is 24.5 Å². The maximum absolute atomic E-state index is 13.7. The van der Waals surface area contributed by atoms with Crippen LogP contribution >= 0.6 is 0 Å². The van der Waals surface area contributed by atoms with Gasteiger partial charge >= 0.3 is 0 Å². The quantitative estimate of drug-likeness (QED) is 0.626. The molecule has 96 valence electrons. The van der Waals surface area contributed by atoms with Crippen LogP contribution in [-0.2, 0) is 0 Å². The third-order valence-corrected chi connectivity index (χ3v) is 3.29. The summed E-state index contributed by atoms with van der Waals surface area (Å²) in [5.41, 5.74) is 2.33. The summed E-state index contributed by atoms with van der Waals surface area (Å²) < 4.78 is 26.9. The molecule has 0 heterocycles. The van der Waals surface area contributed by atoms with Gasteiger partial charge in [0.1, 0.15) is 11.6 Å². The van der Waals surface area contributed by atoms with E-state index in [-0.39, 0.29) is 5.56 Å². The fourth-order valence-corrected chi connectivity index (χ4v) is 1.67. The minimum Gasteiger partial charge on any atom is -0.302 e. The molecule has 3 nitrogen and oxygen atoms in total. The molecule has 1 unspecified atom stereocenters. The molecule has 0 saturated heterocycles. The predicted molar refractivity (Wildman–Crippen MR) is 64.2 cm³/mol. The van der Waals surface area contributed by atoms with Gasteiger partial charge < -0.3 is 4.90 Å². The van der Waals surface area contributed by atoms with Gasteiger partial charge in [-0.05, 0) is 46.1 Å². The van der Waals surface area contributed by atoms with Crippen molar-refractivity contribution in [3.63, 3.8) is 0 Å². The number of nitrogens with one attached hydrogen (secondary N) is 1. The zero-order chi connectivity index (χ0) is 13.2. The number of nitrogens with two attached hydrogens (primary N) is 1. The topological polar surface area (TPSA) is 41.3 Å². The second kappa shape index (κ2) is 5.08. The van der Waals surface area contributed by atoms with Gasteiger partial charge in [0, 0.05) is 11.1 Å². The lowest BCUT2D eigenvalue weighted by Crippen LogP contribution is -2.51. The van der Waals surface area contributed by atoms with E-state index in [4.69, 9.17) is 5.84 Å². The molecule has 0 radical (unpaired) electrons. The Morgan fingerprint density at radius 3 is 2.35 bits per heavy atom. The van der Waals surface area contributed by atoms with Crippen LogP contribution < -0.4 is 11.3 Å². The average Bonchev–Trinajstić information content (AvgIpc) is 2.23. The number of benzene rings is 1. The first-order chi connectivity index (χ1) is 7.80. The zero-order valence-corrected chi connectivity index (χ0v) is 10.6. The fraction of sp³-hybridized carbons (Fsp3) is 0.500. The Kier molecular flexibility index (Phi) is 4.19. The van der Waals surface area contributed by atoms with E-state index >= 15 is 0 Å². The second-order valence-electron chi connectivity index (χ2n) is 4.81. The summed E-state index contributed by atoms with van der Waals surface area (Å²) in [5.74, 6) is 4.54. The molecule has 0 aliphatic heterocycles. The lowest BCUT2D eigenvalue weighted by molar-refractivity contribution is 0.136. The van der Waals surface area contributed by atoms with E-state index in [1.54, 1.807) is 0 Å². The van der Waals surface area contributed by atoms with Crippen molar-refractivity contribution in [3.05, 3.63) is 35.4 Å². The van der Waals surface area contributed by atoms with E-state index in [0.29, 0.717) is 0 Å². The maximum Gasteiger partial charge on any atom is 0.128 e.